The Morgan fingerprint density at radius 3 is 2.68 bits per heavy atom. The van der Waals surface area contributed by atoms with E-state index in [0.29, 0.717) is 0 Å². The highest BCUT2D eigenvalue weighted by atomic mass is 32.2. The Morgan fingerprint density at radius 2 is 2.11 bits per heavy atom. The summed E-state index contributed by atoms with van der Waals surface area (Å²) in [6.45, 7) is 2.12. The van der Waals surface area contributed by atoms with Gasteiger partial charge in [0.15, 0.2) is 0 Å². The maximum absolute atomic E-state index is 13.1. The zero-order chi connectivity index (χ0) is 13.7. The largest absolute Gasteiger partial charge is 0.312 e. The van der Waals surface area contributed by atoms with E-state index in [1.807, 2.05) is 31.4 Å². The van der Waals surface area contributed by atoms with Crippen LogP contribution in [0.3, 0.4) is 0 Å². The first-order valence-corrected chi connectivity index (χ1v) is 7.11. The van der Waals surface area contributed by atoms with Crippen molar-refractivity contribution in [3.63, 3.8) is 0 Å². The first-order valence-electron chi connectivity index (χ1n) is 6.29. The molecule has 1 atom stereocenters. The molecular formula is C15H17FN2S. The third-order valence-corrected chi connectivity index (χ3v) is 3.87. The number of hydrogen-bond acceptors (Lipinski definition) is 3. The summed E-state index contributed by atoms with van der Waals surface area (Å²) in [5.74, 6) is -0.212. The van der Waals surface area contributed by atoms with Gasteiger partial charge in [-0.2, -0.15) is 0 Å². The van der Waals surface area contributed by atoms with Crippen LogP contribution in [0.2, 0.25) is 0 Å². The topological polar surface area (TPSA) is 24.9 Å². The molecule has 0 saturated heterocycles. The molecule has 0 amide bonds. The highest BCUT2D eigenvalue weighted by Gasteiger charge is 2.08. The average molecular weight is 276 g/mol. The van der Waals surface area contributed by atoms with Crippen LogP contribution in [0.1, 0.15) is 25.1 Å². The summed E-state index contributed by atoms with van der Waals surface area (Å²) in [6, 6.07) is 10.9. The van der Waals surface area contributed by atoms with Gasteiger partial charge in [-0.1, -0.05) is 24.8 Å². The van der Waals surface area contributed by atoms with Gasteiger partial charge in [-0.15, -0.1) is 0 Å². The SMILES string of the molecule is CCC(NC)c1ccc(Sc2cccc(F)c2)cn1. The molecule has 0 bridgehead atoms. The lowest BCUT2D eigenvalue weighted by Gasteiger charge is -2.13. The zero-order valence-corrected chi connectivity index (χ0v) is 11.9. The molecule has 2 aromatic rings. The van der Waals surface area contributed by atoms with Gasteiger partial charge in [-0.25, -0.2) is 4.39 Å². The summed E-state index contributed by atoms with van der Waals surface area (Å²) >= 11 is 1.51. The molecule has 0 aliphatic carbocycles. The molecular weight excluding hydrogens is 259 g/mol. The van der Waals surface area contributed by atoms with Crippen molar-refractivity contribution in [2.75, 3.05) is 7.05 Å². The lowest BCUT2D eigenvalue weighted by atomic mass is 10.1. The summed E-state index contributed by atoms with van der Waals surface area (Å²) in [5.41, 5.74) is 1.04. The fourth-order valence-corrected chi connectivity index (χ4v) is 2.72. The van der Waals surface area contributed by atoms with Crippen LogP contribution in [-0.2, 0) is 0 Å². The number of hydrogen-bond donors (Lipinski definition) is 1. The molecule has 0 fully saturated rings. The Kier molecular flexibility index (Phi) is 4.93. The third kappa shape index (κ3) is 3.78. The molecule has 1 heterocycles. The summed E-state index contributed by atoms with van der Waals surface area (Å²) in [5, 5.41) is 3.23. The summed E-state index contributed by atoms with van der Waals surface area (Å²) < 4.78 is 13.1. The first-order chi connectivity index (χ1) is 9.22. The van der Waals surface area contributed by atoms with Crippen molar-refractivity contribution in [2.24, 2.45) is 0 Å². The molecule has 2 rings (SSSR count). The van der Waals surface area contributed by atoms with E-state index in [1.54, 1.807) is 6.07 Å². The Labute approximate surface area is 117 Å². The number of rotatable bonds is 5. The molecule has 0 aliphatic rings. The van der Waals surface area contributed by atoms with E-state index < -0.39 is 0 Å². The minimum absolute atomic E-state index is 0.212. The van der Waals surface area contributed by atoms with Gasteiger partial charge in [-0.05, 0) is 43.8 Å². The molecule has 1 aromatic carbocycles. The molecule has 0 saturated carbocycles. The summed E-state index contributed by atoms with van der Waals surface area (Å²) in [7, 11) is 1.94. The lowest BCUT2D eigenvalue weighted by Crippen LogP contribution is -2.16. The Bertz CT molecular complexity index is 524. The van der Waals surface area contributed by atoms with E-state index in [9.17, 15) is 4.39 Å². The van der Waals surface area contributed by atoms with Crippen LogP contribution in [0, 0.1) is 5.82 Å². The van der Waals surface area contributed by atoms with Gasteiger partial charge in [0.1, 0.15) is 5.82 Å². The fourth-order valence-electron chi connectivity index (χ4n) is 1.89. The number of nitrogens with one attached hydrogen (secondary N) is 1. The van der Waals surface area contributed by atoms with E-state index in [0.717, 1.165) is 21.9 Å². The molecule has 100 valence electrons. The molecule has 0 aliphatic heterocycles. The van der Waals surface area contributed by atoms with E-state index >= 15 is 0 Å². The van der Waals surface area contributed by atoms with Crippen LogP contribution in [0.4, 0.5) is 4.39 Å². The Morgan fingerprint density at radius 1 is 1.26 bits per heavy atom. The molecule has 1 unspecified atom stereocenters. The highest BCUT2D eigenvalue weighted by molar-refractivity contribution is 7.99. The van der Waals surface area contributed by atoms with Gasteiger partial charge in [0.2, 0.25) is 0 Å². The second kappa shape index (κ2) is 6.68. The van der Waals surface area contributed by atoms with Gasteiger partial charge in [0.05, 0.1) is 5.69 Å². The van der Waals surface area contributed by atoms with Gasteiger partial charge < -0.3 is 5.32 Å². The van der Waals surface area contributed by atoms with E-state index in [1.165, 1.54) is 23.9 Å². The van der Waals surface area contributed by atoms with Crippen molar-refractivity contribution >= 4 is 11.8 Å². The minimum Gasteiger partial charge on any atom is -0.312 e. The van der Waals surface area contributed by atoms with Crippen LogP contribution >= 0.6 is 11.8 Å². The predicted octanol–water partition coefficient (Wildman–Crippen LogP) is 4.04. The minimum atomic E-state index is -0.212. The van der Waals surface area contributed by atoms with Crippen LogP contribution in [0.15, 0.2) is 52.4 Å². The van der Waals surface area contributed by atoms with Gasteiger partial charge in [0, 0.05) is 22.0 Å². The normalized spacial score (nSPS) is 12.4. The Hall–Kier alpha value is -1.39. The molecule has 4 heteroatoms. The standard InChI is InChI=1S/C15H17FN2S/c1-3-14(17-2)15-8-7-13(10-18-15)19-12-6-4-5-11(16)9-12/h4-10,14,17H,3H2,1-2H3. The van der Waals surface area contributed by atoms with Crippen LogP contribution < -0.4 is 5.32 Å². The Balaban J connectivity index is 2.10. The molecule has 0 radical (unpaired) electrons. The van der Waals surface area contributed by atoms with Gasteiger partial charge in [-0.3, -0.25) is 4.98 Å². The predicted molar refractivity (Wildman–Crippen MR) is 76.9 cm³/mol. The number of nitrogens with zero attached hydrogens (tertiary/aromatic N) is 1. The number of benzene rings is 1. The summed E-state index contributed by atoms with van der Waals surface area (Å²) in [6.07, 6.45) is 2.84. The van der Waals surface area contributed by atoms with Gasteiger partial charge in [0.25, 0.3) is 0 Å². The fraction of sp³-hybridized carbons (Fsp3) is 0.267. The van der Waals surface area contributed by atoms with Crippen molar-refractivity contribution in [1.82, 2.24) is 10.3 Å². The van der Waals surface area contributed by atoms with Crippen LogP contribution in [-0.4, -0.2) is 12.0 Å². The molecule has 1 aromatic heterocycles. The smallest absolute Gasteiger partial charge is 0.124 e. The zero-order valence-electron chi connectivity index (χ0n) is 11.1. The van der Waals surface area contributed by atoms with Crippen molar-refractivity contribution < 1.29 is 4.39 Å². The van der Waals surface area contributed by atoms with Crippen molar-refractivity contribution in [2.45, 2.75) is 29.2 Å². The number of pyridine rings is 1. The lowest BCUT2D eigenvalue weighted by molar-refractivity contribution is 0.561. The number of halogens is 1. The molecule has 2 nitrogen and oxygen atoms in total. The van der Waals surface area contributed by atoms with Crippen LogP contribution in [0.25, 0.3) is 0 Å². The molecule has 19 heavy (non-hydrogen) atoms. The summed E-state index contributed by atoms with van der Waals surface area (Å²) in [4.78, 5) is 6.36. The quantitative estimate of drug-likeness (QED) is 0.892. The molecule has 0 spiro atoms. The monoisotopic (exact) mass is 276 g/mol. The van der Waals surface area contributed by atoms with E-state index in [4.69, 9.17) is 0 Å². The van der Waals surface area contributed by atoms with Crippen molar-refractivity contribution in [1.29, 1.82) is 0 Å². The van der Waals surface area contributed by atoms with Crippen LogP contribution in [0.5, 0.6) is 0 Å². The van der Waals surface area contributed by atoms with Crippen molar-refractivity contribution in [3.8, 4) is 0 Å². The second-order valence-corrected chi connectivity index (χ2v) is 5.37. The third-order valence-electron chi connectivity index (χ3n) is 2.90. The molecule has 1 N–H and O–H groups in total. The van der Waals surface area contributed by atoms with Gasteiger partial charge >= 0.3 is 0 Å². The second-order valence-electron chi connectivity index (χ2n) is 4.23. The average Bonchev–Trinajstić information content (AvgIpc) is 2.42. The number of aromatic nitrogens is 1. The van der Waals surface area contributed by atoms with E-state index in [-0.39, 0.29) is 11.9 Å². The highest BCUT2D eigenvalue weighted by Crippen LogP contribution is 2.28. The van der Waals surface area contributed by atoms with Crippen molar-refractivity contribution in [3.05, 3.63) is 54.1 Å². The first kappa shape index (κ1) is 14.0. The maximum atomic E-state index is 13.1. The van der Waals surface area contributed by atoms with E-state index in [2.05, 4.69) is 17.2 Å². The maximum Gasteiger partial charge on any atom is 0.124 e.